The minimum absolute atomic E-state index is 0.0301. The number of rotatable bonds is 7. The summed E-state index contributed by atoms with van der Waals surface area (Å²) in [5, 5.41) is 3.43. The Balaban J connectivity index is 1.91. The maximum atomic E-state index is 12.4. The van der Waals surface area contributed by atoms with Gasteiger partial charge in [-0.05, 0) is 32.8 Å². The molecule has 0 amide bonds. The number of hydrogen-bond donors (Lipinski definition) is 1. The molecule has 20 heavy (non-hydrogen) atoms. The van der Waals surface area contributed by atoms with Crippen molar-refractivity contribution in [1.82, 2.24) is 5.32 Å². The van der Waals surface area contributed by atoms with Gasteiger partial charge in [-0.1, -0.05) is 18.2 Å². The average Bonchev–Trinajstić information content (AvgIpc) is 2.36. The van der Waals surface area contributed by atoms with Crippen LogP contribution in [0.2, 0.25) is 0 Å². The van der Waals surface area contributed by atoms with E-state index in [0.717, 1.165) is 25.0 Å². The van der Waals surface area contributed by atoms with Gasteiger partial charge in [-0.3, -0.25) is 0 Å². The number of alkyl halides is 2. The van der Waals surface area contributed by atoms with E-state index in [4.69, 9.17) is 4.74 Å². The molecule has 0 heterocycles. The van der Waals surface area contributed by atoms with Crippen molar-refractivity contribution in [3.05, 3.63) is 29.8 Å². The Labute approximate surface area is 118 Å². The van der Waals surface area contributed by atoms with Crippen molar-refractivity contribution in [3.8, 4) is 5.75 Å². The topological polar surface area (TPSA) is 30.5 Å². The van der Waals surface area contributed by atoms with Crippen molar-refractivity contribution in [3.63, 3.8) is 0 Å². The monoisotopic (exact) mass is 285 g/mol. The second-order valence-corrected chi connectivity index (χ2v) is 5.05. The lowest BCUT2D eigenvalue weighted by Crippen LogP contribution is -2.46. The summed E-state index contributed by atoms with van der Waals surface area (Å²) in [6.45, 7) is 1.88. The van der Waals surface area contributed by atoms with E-state index >= 15 is 0 Å². The number of para-hydroxylation sites is 1. The van der Waals surface area contributed by atoms with Gasteiger partial charge in [0.1, 0.15) is 5.75 Å². The molecule has 1 aromatic carbocycles. The fourth-order valence-corrected chi connectivity index (χ4v) is 2.56. The predicted molar refractivity (Wildman–Crippen MR) is 73.1 cm³/mol. The van der Waals surface area contributed by atoms with Crippen LogP contribution in [0.3, 0.4) is 0 Å². The summed E-state index contributed by atoms with van der Waals surface area (Å²) in [5.41, 5.74) is 0.757. The largest absolute Gasteiger partial charge is 0.434 e. The van der Waals surface area contributed by atoms with E-state index in [2.05, 4.69) is 10.1 Å². The van der Waals surface area contributed by atoms with Gasteiger partial charge in [0.05, 0.1) is 6.10 Å². The molecule has 3 nitrogen and oxygen atoms in total. The molecule has 2 rings (SSSR count). The fraction of sp³-hybridized carbons (Fsp3) is 0.600. The highest BCUT2D eigenvalue weighted by Crippen LogP contribution is 2.30. The lowest BCUT2D eigenvalue weighted by atomic mass is 9.88. The summed E-state index contributed by atoms with van der Waals surface area (Å²) in [6.07, 6.45) is 2.27. The molecule has 1 saturated carbocycles. The molecule has 112 valence electrons. The predicted octanol–water partition coefficient (Wildman–Crippen LogP) is 3.51. The van der Waals surface area contributed by atoms with Crippen molar-refractivity contribution in [2.24, 2.45) is 0 Å². The minimum Gasteiger partial charge on any atom is -0.434 e. The zero-order valence-corrected chi connectivity index (χ0v) is 11.8. The molecule has 0 aliphatic heterocycles. The van der Waals surface area contributed by atoms with Gasteiger partial charge in [-0.2, -0.15) is 8.78 Å². The minimum atomic E-state index is -2.80. The van der Waals surface area contributed by atoms with E-state index in [1.165, 1.54) is 0 Å². The average molecular weight is 285 g/mol. The zero-order valence-electron chi connectivity index (χ0n) is 11.8. The van der Waals surface area contributed by atoms with E-state index < -0.39 is 6.61 Å². The molecule has 1 aromatic rings. The summed E-state index contributed by atoms with van der Waals surface area (Å²) in [7, 11) is 0. The van der Waals surface area contributed by atoms with Crippen LogP contribution in [-0.2, 0) is 4.74 Å². The Morgan fingerprint density at radius 3 is 2.65 bits per heavy atom. The van der Waals surface area contributed by atoms with Gasteiger partial charge >= 0.3 is 6.61 Å². The molecular weight excluding hydrogens is 264 g/mol. The van der Waals surface area contributed by atoms with Gasteiger partial charge in [0, 0.05) is 24.3 Å². The van der Waals surface area contributed by atoms with E-state index in [1.54, 1.807) is 12.1 Å². The van der Waals surface area contributed by atoms with Crippen LogP contribution in [0, 0.1) is 0 Å². The summed E-state index contributed by atoms with van der Waals surface area (Å²) in [4.78, 5) is 0. The lowest BCUT2D eigenvalue weighted by molar-refractivity contribution is -0.0508. The maximum Gasteiger partial charge on any atom is 0.387 e. The molecule has 0 spiro atoms. The first-order valence-corrected chi connectivity index (χ1v) is 7.01. The van der Waals surface area contributed by atoms with Crippen molar-refractivity contribution in [2.45, 2.75) is 51.5 Å². The van der Waals surface area contributed by atoms with Crippen LogP contribution >= 0.6 is 0 Å². The van der Waals surface area contributed by atoms with Crippen LogP contribution in [0.25, 0.3) is 0 Å². The first-order chi connectivity index (χ1) is 9.60. The Bertz CT molecular complexity index is 422. The van der Waals surface area contributed by atoms with Crippen molar-refractivity contribution < 1.29 is 18.3 Å². The quantitative estimate of drug-likeness (QED) is 0.831. The van der Waals surface area contributed by atoms with Gasteiger partial charge in [-0.15, -0.1) is 0 Å². The van der Waals surface area contributed by atoms with Crippen molar-refractivity contribution >= 4 is 0 Å². The van der Waals surface area contributed by atoms with Gasteiger partial charge < -0.3 is 14.8 Å². The van der Waals surface area contributed by atoms with Gasteiger partial charge in [0.15, 0.2) is 0 Å². The fourth-order valence-electron chi connectivity index (χ4n) is 2.56. The zero-order chi connectivity index (χ0) is 14.5. The maximum absolute atomic E-state index is 12.4. The molecule has 1 atom stereocenters. The lowest BCUT2D eigenvalue weighted by Gasteiger charge is -2.37. The van der Waals surface area contributed by atoms with E-state index in [1.807, 2.05) is 26.0 Å². The van der Waals surface area contributed by atoms with Crippen LogP contribution in [0.1, 0.15) is 38.3 Å². The van der Waals surface area contributed by atoms with Crippen LogP contribution in [0.15, 0.2) is 24.3 Å². The molecular formula is C15H21F2NO2. The normalized spacial score (nSPS) is 23.4. The number of halogens is 2. The Hall–Kier alpha value is -1.20. The molecule has 1 N–H and O–H groups in total. The molecule has 1 fully saturated rings. The molecule has 5 heteroatoms. The molecule has 1 aliphatic rings. The molecule has 1 aliphatic carbocycles. The Morgan fingerprint density at radius 1 is 1.30 bits per heavy atom. The van der Waals surface area contributed by atoms with Gasteiger partial charge in [0.2, 0.25) is 0 Å². The summed E-state index contributed by atoms with van der Waals surface area (Å²) >= 11 is 0. The van der Waals surface area contributed by atoms with Gasteiger partial charge in [-0.25, -0.2) is 0 Å². The Kier molecular flexibility index (Phi) is 5.31. The van der Waals surface area contributed by atoms with Crippen LogP contribution in [0.5, 0.6) is 5.75 Å². The highest BCUT2D eigenvalue weighted by atomic mass is 19.3. The number of hydrogen-bond acceptors (Lipinski definition) is 3. The molecule has 0 bridgehead atoms. The first kappa shape index (κ1) is 15.2. The van der Waals surface area contributed by atoms with Crippen molar-refractivity contribution in [1.29, 1.82) is 0 Å². The van der Waals surface area contributed by atoms with Crippen LogP contribution in [-0.4, -0.2) is 25.4 Å². The highest BCUT2D eigenvalue weighted by molar-refractivity contribution is 5.35. The van der Waals surface area contributed by atoms with Crippen molar-refractivity contribution in [2.75, 3.05) is 6.61 Å². The number of benzene rings is 1. The summed E-state index contributed by atoms with van der Waals surface area (Å²) in [5.74, 6) is 0.239. The number of ether oxygens (including phenoxy) is 2. The highest BCUT2D eigenvalue weighted by Gasteiger charge is 2.30. The molecule has 1 unspecified atom stereocenters. The molecule has 0 aromatic heterocycles. The third-order valence-electron chi connectivity index (χ3n) is 3.58. The second-order valence-electron chi connectivity index (χ2n) is 5.05. The number of nitrogens with one attached hydrogen (secondary N) is 1. The van der Waals surface area contributed by atoms with Crippen LogP contribution < -0.4 is 10.1 Å². The Morgan fingerprint density at radius 2 is 2.00 bits per heavy atom. The van der Waals surface area contributed by atoms with Crippen LogP contribution in [0.4, 0.5) is 8.78 Å². The van der Waals surface area contributed by atoms with E-state index in [9.17, 15) is 8.78 Å². The smallest absolute Gasteiger partial charge is 0.387 e. The molecule has 0 saturated heterocycles. The first-order valence-electron chi connectivity index (χ1n) is 7.01. The van der Waals surface area contributed by atoms with E-state index in [-0.39, 0.29) is 11.8 Å². The molecule has 0 radical (unpaired) electrons. The second kappa shape index (κ2) is 6.99. The standard InChI is InChI=1S/C15H21F2NO2/c1-3-19-12-8-11(9-12)18-10(2)13-6-4-5-7-14(13)20-15(16)17/h4-7,10-12,15,18H,3,8-9H2,1-2H3. The SMILES string of the molecule is CCOC1CC(NC(C)c2ccccc2OC(F)F)C1. The third kappa shape index (κ3) is 3.90. The van der Waals surface area contributed by atoms with E-state index in [0.29, 0.717) is 12.1 Å². The summed E-state index contributed by atoms with van der Waals surface area (Å²) in [6, 6.07) is 7.26. The van der Waals surface area contributed by atoms with Gasteiger partial charge in [0.25, 0.3) is 0 Å². The summed E-state index contributed by atoms with van der Waals surface area (Å²) < 4.78 is 34.8. The third-order valence-corrected chi connectivity index (χ3v) is 3.58.